The summed E-state index contributed by atoms with van der Waals surface area (Å²) in [5.41, 5.74) is 0. The first-order valence-electron chi connectivity index (χ1n) is 5.91. The van der Waals surface area contributed by atoms with E-state index in [1.165, 1.54) is 6.07 Å². The minimum absolute atomic E-state index is 0.115. The summed E-state index contributed by atoms with van der Waals surface area (Å²) in [6.07, 6.45) is 1.64. The zero-order valence-corrected chi connectivity index (χ0v) is 10.2. The quantitative estimate of drug-likeness (QED) is 0.799. The summed E-state index contributed by atoms with van der Waals surface area (Å²) in [5.74, 6) is 0.822. The Balaban J connectivity index is 1.72. The van der Waals surface area contributed by atoms with E-state index in [1.54, 1.807) is 24.5 Å². The molecule has 1 atom stereocenters. The van der Waals surface area contributed by atoms with Crippen LogP contribution in [0.15, 0.2) is 47.1 Å². The fourth-order valence-electron chi connectivity index (χ4n) is 1.64. The molecule has 1 aromatic heterocycles. The van der Waals surface area contributed by atoms with Crippen LogP contribution in [0.2, 0.25) is 0 Å². The standard InChI is InChI=1S/C14H16FNO2/c1-11(13-7-4-9-17-13)16-8-10-18-14-6-3-2-5-12(14)15/h2-7,9,11,16H,8,10H2,1H3. The lowest BCUT2D eigenvalue weighted by atomic mass is 10.2. The molecule has 3 nitrogen and oxygen atoms in total. The SMILES string of the molecule is CC(NCCOc1ccccc1F)c1ccco1. The maximum atomic E-state index is 13.2. The molecule has 1 aromatic carbocycles. The van der Waals surface area contributed by atoms with E-state index in [9.17, 15) is 4.39 Å². The van der Waals surface area contributed by atoms with Gasteiger partial charge in [0.15, 0.2) is 11.6 Å². The van der Waals surface area contributed by atoms with Gasteiger partial charge in [0.05, 0.1) is 12.3 Å². The summed E-state index contributed by atoms with van der Waals surface area (Å²) in [5, 5.41) is 3.23. The van der Waals surface area contributed by atoms with Crippen LogP contribution in [-0.4, -0.2) is 13.2 Å². The van der Waals surface area contributed by atoms with E-state index < -0.39 is 0 Å². The average molecular weight is 249 g/mol. The second-order valence-electron chi connectivity index (χ2n) is 3.97. The number of nitrogens with one attached hydrogen (secondary N) is 1. The molecule has 0 aliphatic rings. The number of rotatable bonds is 6. The fourth-order valence-corrected chi connectivity index (χ4v) is 1.64. The Morgan fingerprint density at radius 1 is 1.28 bits per heavy atom. The predicted octanol–water partition coefficient (Wildman–Crippen LogP) is 3.15. The molecule has 0 fully saturated rings. The lowest BCUT2D eigenvalue weighted by Crippen LogP contribution is -2.24. The molecule has 2 aromatic rings. The minimum atomic E-state index is -0.336. The normalized spacial score (nSPS) is 12.3. The largest absolute Gasteiger partial charge is 0.489 e. The van der Waals surface area contributed by atoms with Gasteiger partial charge in [-0.05, 0) is 31.2 Å². The molecular weight excluding hydrogens is 233 g/mol. The molecule has 0 aliphatic carbocycles. The molecule has 2 rings (SSSR count). The first kappa shape index (κ1) is 12.6. The van der Waals surface area contributed by atoms with E-state index in [-0.39, 0.29) is 17.6 Å². The maximum Gasteiger partial charge on any atom is 0.165 e. The predicted molar refractivity (Wildman–Crippen MR) is 67.0 cm³/mol. The number of ether oxygens (including phenoxy) is 1. The number of para-hydroxylation sites is 1. The van der Waals surface area contributed by atoms with Crippen LogP contribution in [0.1, 0.15) is 18.7 Å². The second kappa shape index (κ2) is 6.21. The van der Waals surface area contributed by atoms with Crippen molar-refractivity contribution in [1.82, 2.24) is 5.32 Å². The summed E-state index contributed by atoms with van der Waals surface area (Å²) in [6.45, 7) is 3.03. The van der Waals surface area contributed by atoms with Crippen molar-refractivity contribution in [2.24, 2.45) is 0 Å². The summed E-state index contributed by atoms with van der Waals surface area (Å²) >= 11 is 0. The summed E-state index contributed by atoms with van der Waals surface area (Å²) in [4.78, 5) is 0. The highest BCUT2D eigenvalue weighted by Gasteiger charge is 2.07. The minimum Gasteiger partial charge on any atom is -0.489 e. The maximum absolute atomic E-state index is 13.2. The highest BCUT2D eigenvalue weighted by molar-refractivity contribution is 5.23. The average Bonchev–Trinajstić information content (AvgIpc) is 2.90. The van der Waals surface area contributed by atoms with Crippen molar-refractivity contribution in [3.63, 3.8) is 0 Å². The van der Waals surface area contributed by atoms with Gasteiger partial charge in [0, 0.05) is 6.54 Å². The summed E-state index contributed by atoms with van der Waals surface area (Å²) in [7, 11) is 0. The molecule has 0 saturated carbocycles. The number of hydrogen-bond donors (Lipinski definition) is 1. The Hall–Kier alpha value is -1.81. The van der Waals surface area contributed by atoms with E-state index >= 15 is 0 Å². The number of hydrogen-bond acceptors (Lipinski definition) is 3. The first-order valence-corrected chi connectivity index (χ1v) is 5.91. The molecule has 4 heteroatoms. The monoisotopic (exact) mass is 249 g/mol. The summed E-state index contributed by atoms with van der Waals surface area (Å²) in [6, 6.07) is 10.3. The Morgan fingerprint density at radius 3 is 2.83 bits per heavy atom. The van der Waals surface area contributed by atoms with E-state index in [0.29, 0.717) is 13.2 Å². The zero-order valence-electron chi connectivity index (χ0n) is 10.2. The van der Waals surface area contributed by atoms with Gasteiger partial charge in [0.2, 0.25) is 0 Å². The third kappa shape index (κ3) is 3.34. The Kier molecular flexibility index (Phi) is 4.36. The molecule has 0 amide bonds. The highest BCUT2D eigenvalue weighted by atomic mass is 19.1. The van der Waals surface area contributed by atoms with Crippen molar-refractivity contribution < 1.29 is 13.5 Å². The molecule has 1 heterocycles. The molecule has 1 unspecified atom stereocenters. The number of furan rings is 1. The van der Waals surface area contributed by atoms with E-state index in [1.807, 2.05) is 19.1 Å². The Labute approximate surface area is 106 Å². The van der Waals surface area contributed by atoms with E-state index in [0.717, 1.165) is 5.76 Å². The van der Waals surface area contributed by atoms with Gasteiger partial charge in [-0.1, -0.05) is 12.1 Å². The molecule has 96 valence electrons. The van der Waals surface area contributed by atoms with Crippen LogP contribution in [0, 0.1) is 5.82 Å². The van der Waals surface area contributed by atoms with Gasteiger partial charge >= 0.3 is 0 Å². The lowest BCUT2D eigenvalue weighted by Gasteiger charge is -2.12. The van der Waals surface area contributed by atoms with Gasteiger partial charge in [0.1, 0.15) is 12.4 Å². The molecular formula is C14H16FNO2. The summed E-state index contributed by atoms with van der Waals surface area (Å²) < 4.78 is 23.8. The van der Waals surface area contributed by atoms with Crippen LogP contribution in [0.25, 0.3) is 0 Å². The molecule has 1 N–H and O–H groups in total. The topological polar surface area (TPSA) is 34.4 Å². The van der Waals surface area contributed by atoms with Crippen LogP contribution in [-0.2, 0) is 0 Å². The lowest BCUT2D eigenvalue weighted by molar-refractivity contribution is 0.289. The molecule has 0 spiro atoms. The Morgan fingerprint density at radius 2 is 2.11 bits per heavy atom. The van der Waals surface area contributed by atoms with Crippen molar-refractivity contribution in [2.75, 3.05) is 13.2 Å². The van der Waals surface area contributed by atoms with Crippen molar-refractivity contribution >= 4 is 0 Å². The smallest absolute Gasteiger partial charge is 0.165 e. The molecule has 18 heavy (non-hydrogen) atoms. The second-order valence-corrected chi connectivity index (χ2v) is 3.97. The van der Waals surface area contributed by atoms with Gasteiger partial charge in [-0.2, -0.15) is 0 Å². The third-order valence-electron chi connectivity index (χ3n) is 2.62. The molecule has 0 bridgehead atoms. The molecule has 0 radical (unpaired) electrons. The van der Waals surface area contributed by atoms with Gasteiger partial charge in [-0.15, -0.1) is 0 Å². The first-order chi connectivity index (χ1) is 8.77. The van der Waals surface area contributed by atoms with Gasteiger partial charge in [-0.3, -0.25) is 0 Å². The van der Waals surface area contributed by atoms with Crippen molar-refractivity contribution in [1.29, 1.82) is 0 Å². The van der Waals surface area contributed by atoms with Crippen molar-refractivity contribution in [3.05, 3.63) is 54.2 Å². The highest BCUT2D eigenvalue weighted by Crippen LogP contribution is 2.15. The molecule has 0 saturated heterocycles. The van der Waals surface area contributed by atoms with Crippen molar-refractivity contribution in [3.8, 4) is 5.75 Å². The van der Waals surface area contributed by atoms with Gasteiger partial charge in [-0.25, -0.2) is 4.39 Å². The van der Waals surface area contributed by atoms with Crippen molar-refractivity contribution in [2.45, 2.75) is 13.0 Å². The Bertz CT molecular complexity index is 470. The fraction of sp³-hybridized carbons (Fsp3) is 0.286. The third-order valence-corrected chi connectivity index (χ3v) is 2.62. The van der Waals surface area contributed by atoms with Crippen LogP contribution >= 0.6 is 0 Å². The van der Waals surface area contributed by atoms with Crippen LogP contribution in [0.3, 0.4) is 0 Å². The van der Waals surface area contributed by atoms with E-state index in [2.05, 4.69) is 5.32 Å². The van der Waals surface area contributed by atoms with E-state index in [4.69, 9.17) is 9.15 Å². The van der Waals surface area contributed by atoms with Crippen LogP contribution in [0.5, 0.6) is 5.75 Å². The zero-order chi connectivity index (χ0) is 12.8. The molecule has 0 aliphatic heterocycles. The van der Waals surface area contributed by atoms with Crippen LogP contribution < -0.4 is 10.1 Å². The van der Waals surface area contributed by atoms with Gasteiger partial charge < -0.3 is 14.5 Å². The number of halogens is 1. The van der Waals surface area contributed by atoms with Crippen LogP contribution in [0.4, 0.5) is 4.39 Å². The van der Waals surface area contributed by atoms with Gasteiger partial charge in [0.25, 0.3) is 0 Å². The number of benzene rings is 1.